The Morgan fingerprint density at radius 3 is 2.69 bits per heavy atom. The third-order valence-corrected chi connectivity index (χ3v) is 3.30. The van der Waals surface area contributed by atoms with Crippen LogP contribution in [0.15, 0.2) is 18.3 Å². The SMILES string of the molecule is CCC(C)CC(CC)Nc1cccnc1Cl. The van der Waals surface area contributed by atoms with E-state index in [1.165, 1.54) is 12.8 Å². The third-order valence-electron chi connectivity index (χ3n) is 3.00. The van der Waals surface area contributed by atoms with Crippen LogP contribution in [0.5, 0.6) is 0 Å². The largest absolute Gasteiger partial charge is 0.380 e. The summed E-state index contributed by atoms with van der Waals surface area (Å²) in [6, 6.07) is 4.37. The molecule has 0 amide bonds. The molecule has 0 aliphatic rings. The standard InChI is InChI=1S/C13H21ClN2/c1-4-10(3)9-11(5-2)16-12-7-6-8-15-13(12)14/h6-8,10-11,16H,4-5,9H2,1-3H3. The number of nitrogens with zero attached hydrogens (tertiary/aromatic N) is 1. The van der Waals surface area contributed by atoms with Gasteiger partial charge in [-0.2, -0.15) is 0 Å². The van der Waals surface area contributed by atoms with E-state index >= 15 is 0 Å². The first kappa shape index (κ1) is 13.3. The van der Waals surface area contributed by atoms with Crippen molar-refractivity contribution < 1.29 is 0 Å². The highest BCUT2D eigenvalue weighted by molar-refractivity contribution is 6.31. The molecule has 90 valence electrons. The highest BCUT2D eigenvalue weighted by Crippen LogP contribution is 2.22. The molecular weight excluding hydrogens is 220 g/mol. The molecule has 1 N–H and O–H groups in total. The maximum Gasteiger partial charge on any atom is 0.152 e. The second-order valence-electron chi connectivity index (χ2n) is 4.34. The van der Waals surface area contributed by atoms with Gasteiger partial charge in [-0.25, -0.2) is 4.98 Å². The fourth-order valence-corrected chi connectivity index (χ4v) is 1.87. The van der Waals surface area contributed by atoms with Crippen molar-refractivity contribution in [1.29, 1.82) is 0 Å². The van der Waals surface area contributed by atoms with Gasteiger partial charge < -0.3 is 5.32 Å². The second kappa shape index (κ2) is 6.74. The maximum absolute atomic E-state index is 6.02. The van der Waals surface area contributed by atoms with Gasteiger partial charge in [-0.05, 0) is 30.9 Å². The first-order valence-electron chi connectivity index (χ1n) is 6.04. The molecule has 0 fully saturated rings. The summed E-state index contributed by atoms with van der Waals surface area (Å²) in [6.45, 7) is 6.72. The number of nitrogens with one attached hydrogen (secondary N) is 1. The molecule has 2 unspecified atom stereocenters. The van der Waals surface area contributed by atoms with Crippen molar-refractivity contribution in [3.63, 3.8) is 0 Å². The number of hydrogen-bond acceptors (Lipinski definition) is 2. The monoisotopic (exact) mass is 240 g/mol. The van der Waals surface area contributed by atoms with E-state index in [2.05, 4.69) is 31.1 Å². The molecule has 1 heterocycles. The van der Waals surface area contributed by atoms with Gasteiger partial charge in [0.2, 0.25) is 0 Å². The highest BCUT2D eigenvalue weighted by atomic mass is 35.5. The molecule has 2 atom stereocenters. The number of rotatable bonds is 6. The Bertz CT molecular complexity index is 315. The molecule has 0 aliphatic carbocycles. The molecule has 0 aliphatic heterocycles. The van der Waals surface area contributed by atoms with E-state index in [9.17, 15) is 0 Å². The molecule has 1 rings (SSSR count). The first-order valence-corrected chi connectivity index (χ1v) is 6.42. The van der Waals surface area contributed by atoms with Crippen LogP contribution in [0.2, 0.25) is 5.15 Å². The van der Waals surface area contributed by atoms with Crippen LogP contribution >= 0.6 is 11.6 Å². The molecule has 0 saturated carbocycles. The molecule has 0 radical (unpaired) electrons. The van der Waals surface area contributed by atoms with E-state index in [4.69, 9.17) is 11.6 Å². The Labute approximate surface area is 103 Å². The number of halogens is 1. The number of anilines is 1. The average molecular weight is 241 g/mol. The van der Waals surface area contributed by atoms with Gasteiger partial charge in [0.1, 0.15) is 0 Å². The smallest absolute Gasteiger partial charge is 0.152 e. The number of aromatic nitrogens is 1. The summed E-state index contributed by atoms with van der Waals surface area (Å²) >= 11 is 6.02. The zero-order valence-electron chi connectivity index (χ0n) is 10.3. The lowest BCUT2D eigenvalue weighted by Gasteiger charge is -2.21. The van der Waals surface area contributed by atoms with Crippen molar-refractivity contribution >= 4 is 17.3 Å². The Morgan fingerprint density at radius 2 is 2.12 bits per heavy atom. The van der Waals surface area contributed by atoms with Gasteiger partial charge in [0.25, 0.3) is 0 Å². The first-order chi connectivity index (χ1) is 7.67. The summed E-state index contributed by atoms with van der Waals surface area (Å²) in [5.74, 6) is 0.743. The maximum atomic E-state index is 6.02. The topological polar surface area (TPSA) is 24.9 Å². The van der Waals surface area contributed by atoms with Gasteiger partial charge in [-0.1, -0.05) is 38.8 Å². The van der Waals surface area contributed by atoms with E-state index in [1.54, 1.807) is 6.20 Å². The summed E-state index contributed by atoms with van der Waals surface area (Å²) in [5, 5.41) is 4.03. The predicted octanol–water partition coefficient (Wildman–Crippen LogP) is 4.36. The van der Waals surface area contributed by atoms with Crippen LogP contribution in [-0.2, 0) is 0 Å². The average Bonchev–Trinajstić information content (AvgIpc) is 2.30. The zero-order chi connectivity index (χ0) is 12.0. The van der Waals surface area contributed by atoms with E-state index in [-0.39, 0.29) is 0 Å². The fraction of sp³-hybridized carbons (Fsp3) is 0.615. The molecule has 2 nitrogen and oxygen atoms in total. The zero-order valence-corrected chi connectivity index (χ0v) is 11.1. The van der Waals surface area contributed by atoms with Crippen molar-refractivity contribution in [3.05, 3.63) is 23.5 Å². The van der Waals surface area contributed by atoms with Crippen LogP contribution in [0.1, 0.15) is 40.0 Å². The molecule has 1 aromatic heterocycles. The van der Waals surface area contributed by atoms with E-state index in [0.717, 1.165) is 18.0 Å². The highest BCUT2D eigenvalue weighted by Gasteiger charge is 2.11. The summed E-state index contributed by atoms with van der Waals surface area (Å²) in [4.78, 5) is 4.07. The normalized spacial score (nSPS) is 14.5. The molecule has 0 bridgehead atoms. The lowest BCUT2D eigenvalue weighted by Crippen LogP contribution is -2.21. The van der Waals surface area contributed by atoms with Crippen molar-refractivity contribution in [2.24, 2.45) is 5.92 Å². The third kappa shape index (κ3) is 4.01. The van der Waals surface area contributed by atoms with Crippen LogP contribution in [0.25, 0.3) is 0 Å². The lowest BCUT2D eigenvalue weighted by atomic mass is 9.98. The minimum absolute atomic E-state index is 0.483. The van der Waals surface area contributed by atoms with Crippen molar-refractivity contribution in [3.8, 4) is 0 Å². The molecule has 16 heavy (non-hydrogen) atoms. The van der Waals surface area contributed by atoms with Crippen LogP contribution in [-0.4, -0.2) is 11.0 Å². The van der Waals surface area contributed by atoms with Crippen molar-refractivity contribution in [1.82, 2.24) is 4.98 Å². The minimum atomic E-state index is 0.483. The lowest BCUT2D eigenvalue weighted by molar-refractivity contribution is 0.462. The van der Waals surface area contributed by atoms with Crippen LogP contribution < -0.4 is 5.32 Å². The van der Waals surface area contributed by atoms with Gasteiger partial charge >= 0.3 is 0 Å². The second-order valence-corrected chi connectivity index (χ2v) is 4.70. The van der Waals surface area contributed by atoms with E-state index < -0.39 is 0 Å². The van der Waals surface area contributed by atoms with Gasteiger partial charge in [-0.15, -0.1) is 0 Å². The van der Waals surface area contributed by atoms with E-state index in [0.29, 0.717) is 11.2 Å². The summed E-state index contributed by atoms with van der Waals surface area (Å²) in [5.41, 5.74) is 0.944. The molecule has 0 aromatic carbocycles. The van der Waals surface area contributed by atoms with Crippen molar-refractivity contribution in [2.45, 2.75) is 46.1 Å². The summed E-state index contributed by atoms with van der Waals surface area (Å²) < 4.78 is 0. The predicted molar refractivity (Wildman–Crippen MR) is 71.0 cm³/mol. The Morgan fingerprint density at radius 1 is 1.38 bits per heavy atom. The van der Waals surface area contributed by atoms with Gasteiger partial charge in [-0.3, -0.25) is 0 Å². The van der Waals surface area contributed by atoms with Gasteiger partial charge in [0.15, 0.2) is 5.15 Å². The fourth-order valence-electron chi connectivity index (χ4n) is 1.69. The molecule has 3 heteroatoms. The quantitative estimate of drug-likeness (QED) is 0.748. The Kier molecular flexibility index (Phi) is 5.61. The Balaban J connectivity index is 2.60. The molecular formula is C13H21ClN2. The Hall–Kier alpha value is -0.760. The van der Waals surface area contributed by atoms with Gasteiger partial charge in [0, 0.05) is 12.2 Å². The van der Waals surface area contributed by atoms with Crippen molar-refractivity contribution in [2.75, 3.05) is 5.32 Å². The van der Waals surface area contributed by atoms with Crippen LogP contribution in [0.4, 0.5) is 5.69 Å². The number of hydrogen-bond donors (Lipinski definition) is 1. The molecule has 1 aromatic rings. The summed E-state index contributed by atoms with van der Waals surface area (Å²) in [6.07, 6.45) is 5.22. The van der Waals surface area contributed by atoms with Crippen LogP contribution in [0.3, 0.4) is 0 Å². The van der Waals surface area contributed by atoms with Crippen LogP contribution in [0, 0.1) is 5.92 Å². The summed E-state index contributed by atoms with van der Waals surface area (Å²) in [7, 11) is 0. The minimum Gasteiger partial charge on any atom is -0.380 e. The van der Waals surface area contributed by atoms with E-state index in [1.807, 2.05) is 12.1 Å². The molecule has 0 spiro atoms. The number of pyridine rings is 1. The molecule has 0 saturated heterocycles. The van der Waals surface area contributed by atoms with Gasteiger partial charge in [0.05, 0.1) is 5.69 Å².